The maximum absolute atomic E-state index is 4.66. The highest BCUT2D eigenvalue weighted by Crippen LogP contribution is 2.24. The molecule has 4 heteroatoms. The molecule has 1 aromatic heterocycles. The Hall–Kier alpha value is -1.68. The predicted molar refractivity (Wildman–Crippen MR) is 86.5 cm³/mol. The van der Waals surface area contributed by atoms with Crippen molar-refractivity contribution in [3.63, 3.8) is 0 Å². The lowest BCUT2D eigenvalue weighted by atomic mass is 9.93. The molecule has 0 saturated carbocycles. The van der Waals surface area contributed by atoms with Gasteiger partial charge < -0.3 is 5.32 Å². The number of hydrogen-bond acceptors (Lipinski definition) is 3. The molecule has 0 saturated heterocycles. The summed E-state index contributed by atoms with van der Waals surface area (Å²) in [5, 5.41) is 12.6. The predicted octanol–water partition coefficient (Wildman–Crippen LogP) is 3.74. The number of hydrogen-bond donors (Lipinski definition) is 1. The fourth-order valence-corrected chi connectivity index (χ4v) is 2.63. The molecule has 0 radical (unpaired) electrons. The Balaban J connectivity index is 2.15. The van der Waals surface area contributed by atoms with Crippen LogP contribution in [0.5, 0.6) is 0 Å². The van der Waals surface area contributed by atoms with Crippen molar-refractivity contribution in [1.29, 1.82) is 0 Å². The zero-order chi connectivity index (χ0) is 15.1. The molecule has 2 rings (SSSR count). The molecule has 0 aliphatic carbocycles. The van der Waals surface area contributed by atoms with E-state index in [1.165, 1.54) is 12.8 Å². The topological polar surface area (TPSA) is 42.7 Å². The monoisotopic (exact) mass is 286 g/mol. The van der Waals surface area contributed by atoms with E-state index >= 15 is 0 Å². The minimum absolute atomic E-state index is 0.289. The van der Waals surface area contributed by atoms with Gasteiger partial charge in [0.1, 0.15) is 5.69 Å². The standard InChI is InChI=1S/C17H26N4/c1-4-14(5-2)12-16(18-6-3)17-13-19-21(20-17)15-10-8-7-9-11-15/h7-11,13-14,16,18H,4-6,12H2,1-3H3. The van der Waals surface area contributed by atoms with E-state index in [1.807, 2.05) is 36.5 Å². The molecule has 1 aromatic carbocycles. The van der Waals surface area contributed by atoms with E-state index in [2.05, 4.69) is 36.3 Å². The maximum atomic E-state index is 4.66. The van der Waals surface area contributed by atoms with E-state index in [4.69, 9.17) is 0 Å². The van der Waals surface area contributed by atoms with E-state index < -0.39 is 0 Å². The van der Waals surface area contributed by atoms with Crippen LogP contribution in [0.2, 0.25) is 0 Å². The highest BCUT2D eigenvalue weighted by atomic mass is 15.5. The van der Waals surface area contributed by atoms with Crippen molar-refractivity contribution in [2.75, 3.05) is 6.54 Å². The molecular weight excluding hydrogens is 260 g/mol. The summed E-state index contributed by atoms with van der Waals surface area (Å²) in [6, 6.07) is 10.3. The highest BCUT2D eigenvalue weighted by Gasteiger charge is 2.18. The molecule has 4 nitrogen and oxygen atoms in total. The van der Waals surface area contributed by atoms with E-state index in [9.17, 15) is 0 Å². The van der Waals surface area contributed by atoms with Gasteiger partial charge in [-0.3, -0.25) is 0 Å². The van der Waals surface area contributed by atoms with Gasteiger partial charge in [0.25, 0.3) is 0 Å². The van der Waals surface area contributed by atoms with Gasteiger partial charge in [0, 0.05) is 0 Å². The van der Waals surface area contributed by atoms with Crippen LogP contribution in [0.1, 0.15) is 51.8 Å². The average molecular weight is 286 g/mol. The van der Waals surface area contributed by atoms with Gasteiger partial charge in [-0.1, -0.05) is 51.8 Å². The molecule has 1 unspecified atom stereocenters. The van der Waals surface area contributed by atoms with Gasteiger partial charge in [0.2, 0.25) is 0 Å². The van der Waals surface area contributed by atoms with Crippen molar-refractivity contribution in [3.8, 4) is 5.69 Å². The molecule has 114 valence electrons. The van der Waals surface area contributed by atoms with E-state index in [-0.39, 0.29) is 6.04 Å². The molecule has 1 heterocycles. The van der Waals surface area contributed by atoms with Crippen LogP contribution >= 0.6 is 0 Å². The fraction of sp³-hybridized carbons (Fsp3) is 0.529. The summed E-state index contributed by atoms with van der Waals surface area (Å²) in [5.41, 5.74) is 2.04. The number of nitrogens with one attached hydrogen (secondary N) is 1. The second-order valence-electron chi connectivity index (χ2n) is 5.42. The van der Waals surface area contributed by atoms with Crippen molar-refractivity contribution >= 4 is 0 Å². The lowest BCUT2D eigenvalue weighted by Gasteiger charge is -2.20. The van der Waals surface area contributed by atoms with Crippen LogP contribution in [0, 0.1) is 5.92 Å². The third-order valence-corrected chi connectivity index (χ3v) is 4.03. The summed E-state index contributed by atoms with van der Waals surface area (Å²) in [4.78, 5) is 1.71. The minimum Gasteiger partial charge on any atom is -0.309 e. The second kappa shape index (κ2) is 7.93. The Morgan fingerprint density at radius 2 is 1.81 bits per heavy atom. The van der Waals surface area contributed by atoms with Crippen molar-refractivity contribution in [2.24, 2.45) is 5.92 Å². The number of nitrogens with zero attached hydrogens (tertiary/aromatic N) is 3. The van der Waals surface area contributed by atoms with Crippen LogP contribution in [0.15, 0.2) is 36.5 Å². The first-order valence-electron chi connectivity index (χ1n) is 7.99. The molecule has 21 heavy (non-hydrogen) atoms. The van der Waals surface area contributed by atoms with Gasteiger partial charge in [-0.05, 0) is 31.0 Å². The van der Waals surface area contributed by atoms with E-state index in [0.717, 1.165) is 30.3 Å². The summed E-state index contributed by atoms with van der Waals surface area (Å²) in [5.74, 6) is 0.732. The normalized spacial score (nSPS) is 12.8. The van der Waals surface area contributed by atoms with Crippen molar-refractivity contribution < 1.29 is 0 Å². The summed E-state index contributed by atoms with van der Waals surface area (Å²) in [6.07, 6.45) is 5.44. The SMILES string of the molecule is CCNC(CC(CC)CC)c1cnn(-c2ccccc2)n1. The smallest absolute Gasteiger partial charge is 0.100 e. The zero-order valence-corrected chi connectivity index (χ0v) is 13.3. The molecule has 0 fully saturated rings. The van der Waals surface area contributed by atoms with E-state index in [0.29, 0.717) is 0 Å². The lowest BCUT2D eigenvalue weighted by Crippen LogP contribution is -2.24. The molecule has 2 aromatic rings. The highest BCUT2D eigenvalue weighted by molar-refractivity contribution is 5.28. The number of benzene rings is 1. The van der Waals surface area contributed by atoms with Crippen LogP contribution in [0.4, 0.5) is 0 Å². The third-order valence-electron chi connectivity index (χ3n) is 4.03. The molecule has 1 N–H and O–H groups in total. The van der Waals surface area contributed by atoms with Gasteiger partial charge in [0.05, 0.1) is 17.9 Å². The third kappa shape index (κ3) is 4.14. The van der Waals surface area contributed by atoms with Crippen molar-refractivity contribution in [3.05, 3.63) is 42.2 Å². The molecule has 0 aliphatic heterocycles. The summed E-state index contributed by atoms with van der Waals surface area (Å²) >= 11 is 0. The Labute approximate surface area is 127 Å². The Morgan fingerprint density at radius 3 is 2.43 bits per heavy atom. The van der Waals surface area contributed by atoms with Crippen LogP contribution in [-0.2, 0) is 0 Å². The number of aromatic nitrogens is 3. The molecular formula is C17H26N4. The first kappa shape index (κ1) is 15.7. The van der Waals surface area contributed by atoms with Gasteiger partial charge in [0.15, 0.2) is 0 Å². The Morgan fingerprint density at radius 1 is 1.10 bits per heavy atom. The van der Waals surface area contributed by atoms with Gasteiger partial charge in [-0.15, -0.1) is 0 Å². The molecule has 1 atom stereocenters. The van der Waals surface area contributed by atoms with Crippen molar-refractivity contribution in [1.82, 2.24) is 20.3 Å². The molecule has 0 amide bonds. The summed E-state index contributed by atoms with van der Waals surface area (Å²) < 4.78 is 0. The first-order chi connectivity index (χ1) is 10.3. The fourth-order valence-electron chi connectivity index (χ4n) is 2.63. The lowest BCUT2D eigenvalue weighted by molar-refractivity contribution is 0.370. The Bertz CT molecular complexity index is 517. The molecule has 0 aliphatic rings. The van der Waals surface area contributed by atoms with Crippen LogP contribution in [0.25, 0.3) is 5.69 Å². The Kier molecular flexibility index (Phi) is 5.93. The summed E-state index contributed by atoms with van der Waals surface area (Å²) in [7, 11) is 0. The van der Waals surface area contributed by atoms with Crippen molar-refractivity contribution in [2.45, 2.75) is 46.1 Å². The first-order valence-corrected chi connectivity index (χ1v) is 7.99. The number of rotatable bonds is 8. The van der Waals surface area contributed by atoms with Crippen LogP contribution < -0.4 is 5.32 Å². The molecule has 0 spiro atoms. The van der Waals surface area contributed by atoms with Crippen LogP contribution in [-0.4, -0.2) is 21.5 Å². The van der Waals surface area contributed by atoms with Gasteiger partial charge in [-0.2, -0.15) is 15.0 Å². The quantitative estimate of drug-likeness (QED) is 0.803. The van der Waals surface area contributed by atoms with E-state index in [1.54, 1.807) is 4.80 Å². The summed E-state index contributed by atoms with van der Waals surface area (Å²) in [6.45, 7) is 7.61. The maximum Gasteiger partial charge on any atom is 0.100 e. The largest absolute Gasteiger partial charge is 0.309 e. The zero-order valence-electron chi connectivity index (χ0n) is 13.3. The molecule has 0 bridgehead atoms. The average Bonchev–Trinajstić information content (AvgIpc) is 3.02. The second-order valence-corrected chi connectivity index (χ2v) is 5.42. The van der Waals surface area contributed by atoms with Gasteiger partial charge >= 0.3 is 0 Å². The number of para-hydroxylation sites is 1. The minimum atomic E-state index is 0.289. The van der Waals surface area contributed by atoms with Gasteiger partial charge in [-0.25, -0.2) is 0 Å². The van der Waals surface area contributed by atoms with Crippen LogP contribution in [0.3, 0.4) is 0 Å².